The highest BCUT2D eigenvalue weighted by Gasteiger charge is 2.29. The van der Waals surface area contributed by atoms with Gasteiger partial charge in [0.05, 0.1) is 12.6 Å². The molecule has 1 aliphatic heterocycles. The molecule has 1 fully saturated rings. The van der Waals surface area contributed by atoms with Gasteiger partial charge in [-0.1, -0.05) is 42.5 Å². The minimum atomic E-state index is -0.387. The predicted octanol–water partition coefficient (Wildman–Crippen LogP) is 3.28. The molecule has 0 saturated carbocycles. The molecule has 1 aromatic heterocycles. The number of fused-ring (bicyclic) bond motifs is 1. The summed E-state index contributed by atoms with van der Waals surface area (Å²) in [6.07, 6.45) is 0.537. The zero-order chi connectivity index (χ0) is 17.2. The Kier molecular flexibility index (Phi) is 4.57. The summed E-state index contributed by atoms with van der Waals surface area (Å²) >= 11 is 0. The first-order chi connectivity index (χ1) is 12.2. The fraction of sp³-hybridized carbons (Fsp3) is 0.333. The third-order valence-corrected chi connectivity index (χ3v) is 5.12. The number of likely N-dealkylation sites (tertiary alicyclic amines) is 1. The third kappa shape index (κ3) is 3.47. The minimum absolute atomic E-state index is 0.0767. The molecule has 130 valence electrons. The van der Waals surface area contributed by atoms with E-state index in [0.717, 1.165) is 18.7 Å². The molecule has 0 spiro atoms. The summed E-state index contributed by atoms with van der Waals surface area (Å²) in [6.45, 7) is 2.14. The van der Waals surface area contributed by atoms with E-state index in [1.807, 2.05) is 12.1 Å². The van der Waals surface area contributed by atoms with E-state index in [4.69, 9.17) is 9.52 Å². The summed E-state index contributed by atoms with van der Waals surface area (Å²) in [6, 6.07) is 18.5. The summed E-state index contributed by atoms with van der Waals surface area (Å²) in [5.41, 5.74) is 1.21. The number of benzene rings is 2. The van der Waals surface area contributed by atoms with Crippen molar-refractivity contribution in [2.75, 3.05) is 13.1 Å². The Morgan fingerprint density at radius 1 is 1.00 bits per heavy atom. The lowest BCUT2D eigenvalue weighted by Crippen LogP contribution is -2.42. The van der Waals surface area contributed by atoms with Gasteiger partial charge >= 0.3 is 0 Å². The molecule has 3 aromatic rings. The average molecular weight is 337 g/mol. The Morgan fingerprint density at radius 3 is 2.56 bits per heavy atom. The number of aliphatic hydroxyl groups is 2. The molecule has 0 bridgehead atoms. The molecular formula is C21H23NO3. The molecule has 2 heterocycles. The normalized spacial score (nSPS) is 21.7. The molecular weight excluding hydrogens is 314 g/mol. The van der Waals surface area contributed by atoms with E-state index in [2.05, 4.69) is 41.3 Å². The van der Waals surface area contributed by atoms with E-state index in [9.17, 15) is 5.11 Å². The number of hydrogen-bond acceptors (Lipinski definition) is 4. The predicted molar refractivity (Wildman–Crippen MR) is 97.2 cm³/mol. The Hall–Kier alpha value is -2.14. The van der Waals surface area contributed by atoms with E-state index >= 15 is 0 Å². The van der Waals surface area contributed by atoms with Crippen molar-refractivity contribution >= 4 is 10.8 Å². The van der Waals surface area contributed by atoms with Crippen molar-refractivity contribution in [3.05, 3.63) is 71.7 Å². The Morgan fingerprint density at radius 2 is 1.80 bits per heavy atom. The van der Waals surface area contributed by atoms with Crippen molar-refractivity contribution in [2.24, 2.45) is 0 Å². The molecule has 4 rings (SSSR count). The van der Waals surface area contributed by atoms with Gasteiger partial charge < -0.3 is 14.6 Å². The van der Waals surface area contributed by atoms with Gasteiger partial charge in [0.15, 0.2) is 0 Å². The highest BCUT2D eigenvalue weighted by atomic mass is 16.4. The van der Waals surface area contributed by atoms with Crippen LogP contribution < -0.4 is 0 Å². The molecule has 4 nitrogen and oxygen atoms in total. The van der Waals surface area contributed by atoms with Crippen LogP contribution in [0.2, 0.25) is 0 Å². The van der Waals surface area contributed by atoms with Gasteiger partial charge in [0.1, 0.15) is 18.1 Å². The Bertz CT molecular complexity index is 857. The molecule has 1 saturated heterocycles. The van der Waals surface area contributed by atoms with Crippen LogP contribution in [0.15, 0.2) is 59.0 Å². The van der Waals surface area contributed by atoms with Crippen LogP contribution in [0.1, 0.15) is 29.4 Å². The molecule has 0 aliphatic carbocycles. The van der Waals surface area contributed by atoms with Gasteiger partial charge in [-0.2, -0.15) is 0 Å². The van der Waals surface area contributed by atoms with Crippen LogP contribution in [0.25, 0.3) is 10.8 Å². The second kappa shape index (κ2) is 7.00. The standard InChI is InChI=1S/C21H23NO3/c23-14-19-8-7-18(25-19)12-22-10-9-20(21(24)13-22)17-6-5-15-3-1-2-4-16(15)11-17/h1-8,11,20-21,23-24H,9-10,12-14H2/t20-,21+/m0/s1. The fourth-order valence-electron chi connectivity index (χ4n) is 3.78. The highest BCUT2D eigenvalue weighted by Crippen LogP contribution is 2.31. The summed E-state index contributed by atoms with van der Waals surface area (Å²) in [5.74, 6) is 1.59. The third-order valence-electron chi connectivity index (χ3n) is 5.12. The lowest BCUT2D eigenvalue weighted by molar-refractivity contribution is 0.0443. The first-order valence-electron chi connectivity index (χ1n) is 8.80. The van der Waals surface area contributed by atoms with E-state index in [1.165, 1.54) is 16.3 Å². The number of piperidine rings is 1. The number of nitrogens with zero attached hydrogens (tertiary/aromatic N) is 1. The van der Waals surface area contributed by atoms with Gasteiger partial charge in [-0.05, 0) is 41.4 Å². The van der Waals surface area contributed by atoms with Crippen molar-refractivity contribution in [3.63, 3.8) is 0 Å². The molecule has 25 heavy (non-hydrogen) atoms. The summed E-state index contributed by atoms with van der Waals surface area (Å²) in [5, 5.41) is 22.2. The summed E-state index contributed by atoms with van der Waals surface area (Å²) in [4.78, 5) is 2.21. The highest BCUT2D eigenvalue weighted by molar-refractivity contribution is 5.83. The molecule has 4 heteroatoms. The molecule has 2 atom stereocenters. The second-order valence-corrected chi connectivity index (χ2v) is 6.83. The fourth-order valence-corrected chi connectivity index (χ4v) is 3.78. The minimum Gasteiger partial charge on any atom is -0.462 e. The molecule has 1 aliphatic rings. The molecule has 0 amide bonds. The smallest absolute Gasteiger partial charge is 0.129 e. The van der Waals surface area contributed by atoms with Crippen LogP contribution in [-0.4, -0.2) is 34.3 Å². The maximum atomic E-state index is 10.7. The van der Waals surface area contributed by atoms with Gasteiger partial charge in [0, 0.05) is 12.5 Å². The van der Waals surface area contributed by atoms with Crippen molar-refractivity contribution in [1.29, 1.82) is 0 Å². The van der Waals surface area contributed by atoms with E-state index in [0.29, 0.717) is 18.8 Å². The van der Waals surface area contributed by atoms with E-state index < -0.39 is 0 Å². The number of β-amino-alcohol motifs (C(OH)–C–C–N with tert-alkyl or cyclic N) is 1. The lowest BCUT2D eigenvalue weighted by atomic mass is 9.86. The lowest BCUT2D eigenvalue weighted by Gasteiger charge is -2.35. The number of rotatable bonds is 4. The Labute approximate surface area is 147 Å². The number of furan rings is 1. The van der Waals surface area contributed by atoms with E-state index in [-0.39, 0.29) is 18.6 Å². The van der Waals surface area contributed by atoms with Crippen LogP contribution in [0.3, 0.4) is 0 Å². The zero-order valence-corrected chi connectivity index (χ0v) is 14.1. The van der Waals surface area contributed by atoms with Gasteiger partial charge in [-0.25, -0.2) is 0 Å². The van der Waals surface area contributed by atoms with Crippen LogP contribution in [0.4, 0.5) is 0 Å². The summed E-state index contributed by atoms with van der Waals surface area (Å²) < 4.78 is 5.56. The number of aliphatic hydroxyl groups excluding tert-OH is 2. The van der Waals surface area contributed by atoms with Crippen molar-refractivity contribution in [3.8, 4) is 0 Å². The average Bonchev–Trinajstić information content (AvgIpc) is 3.09. The van der Waals surface area contributed by atoms with Gasteiger partial charge in [0.25, 0.3) is 0 Å². The molecule has 2 aromatic carbocycles. The molecule has 2 N–H and O–H groups in total. The largest absolute Gasteiger partial charge is 0.462 e. The van der Waals surface area contributed by atoms with Crippen LogP contribution >= 0.6 is 0 Å². The maximum absolute atomic E-state index is 10.7. The van der Waals surface area contributed by atoms with Gasteiger partial charge in [0.2, 0.25) is 0 Å². The van der Waals surface area contributed by atoms with Crippen molar-refractivity contribution < 1.29 is 14.6 Å². The quantitative estimate of drug-likeness (QED) is 0.767. The van der Waals surface area contributed by atoms with Crippen molar-refractivity contribution in [2.45, 2.75) is 31.6 Å². The monoisotopic (exact) mass is 337 g/mol. The first kappa shape index (κ1) is 16.3. The molecule has 0 radical (unpaired) electrons. The van der Waals surface area contributed by atoms with Crippen LogP contribution in [0, 0.1) is 0 Å². The maximum Gasteiger partial charge on any atom is 0.129 e. The zero-order valence-electron chi connectivity index (χ0n) is 14.1. The topological polar surface area (TPSA) is 56.8 Å². The van der Waals surface area contributed by atoms with Crippen molar-refractivity contribution in [1.82, 2.24) is 4.90 Å². The SMILES string of the molecule is OCc1ccc(CN2CC[C@@H](c3ccc4ccccc4c3)[C@H](O)C2)o1. The second-order valence-electron chi connectivity index (χ2n) is 6.83. The van der Waals surface area contributed by atoms with E-state index in [1.54, 1.807) is 6.07 Å². The summed E-state index contributed by atoms with van der Waals surface area (Å²) in [7, 11) is 0. The van der Waals surface area contributed by atoms with Crippen LogP contribution in [0.5, 0.6) is 0 Å². The number of hydrogen-bond donors (Lipinski definition) is 2. The Balaban J connectivity index is 1.45. The van der Waals surface area contributed by atoms with Crippen LogP contribution in [-0.2, 0) is 13.2 Å². The van der Waals surface area contributed by atoms with Gasteiger partial charge in [-0.15, -0.1) is 0 Å². The molecule has 0 unspecified atom stereocenters. The van der Waals surface area contributed by atoms with Gasteiger partial charge in [-0.3, -0.25) is 4.90 Å². The first-order valence-corrected chi connectivity index (χ1v) is 8.80.